The number of hydrogen-bond donors (Lipinski definition) is 2. The normalized spacial score (nSPS) is 18.9. The third-order valence-corrected chi connectivity index (χ3v) is 3.49. The lowest BCUT2D eigenvalue weighted by Gasteiger charge is -2.32. The molecule has 1 saturated heterocycles. The first-order chi connectivity index (χ1) is 9.65. The minimum Gasteiger partial charge on any atom is -0.377 e. The van der Waals surface area contributed by atoms with Gasteiger partial charge in [0.2, 0.25) is 0 Å². The van der Waals surface area contributed by atoms with E-state index in [1.165, 1.54) is 0 Å². The molecule has 1 aromatic rings. The molecular weight excluding hydrogens is 256 g/mol. The van der Waals surface area contributed by atoms with E-state index in [0.717, 1.165) is 25.1 Å². The maximum absolute atomic E-state index is 12.6. The fourth-order valence-electron chi connectivity index (χ4n) is 2.51. The van der Waals surface area contributed by atoms with Crippen LogP contribution in [0.4, 0.5) is 5.69 Å². The highest BCUT2D eigenvalue weighted by molar-refractivity contribution is 5.99. The maximum atomic E-state index is 12.6. The van der Waals surface area contributed by atoms with Crippen LogP contribution >= 0.6 is 0 Å². The molecule has 1 amide bonds. The second kappa shape index (κ2) is 6.67. The Bertz CT molecular complexity index is 476. The summed E-state index contributed by atoms with van der Waals surface area (Å²) >= 11 is 0. The SMILES string of the molecule is CCOC1CCCN(C(=O)c2cnc(C)cc2NN)C1. The Morgan fingerprint density at radius 1 is 1.65 bits per heavy atom. The van der Waals surface area contributed by atoms with Gasteiger partial charge >= 0.3 is 0 Å². The molecule has 1 aliphatic heterocycles. The predicted molar refractivity (Wildman–Crippen MR) is 77.3 cm³/mol. The number of ether oxygens (including phenoxy) is 1. The molecule has 0 aliphatic carbocycles. The maximum Gasteiger partial charge on any atom is 0.257 e. The van der Waals surface area contributed by atoms with Gasteiger partial charge in [-0.3, -0.25) is 15.6 Å². The van der Waals surface area contributed by atoms with Gasteiger partial charge in [0.05, 0.1) is 17.4 Å². The van der Waals surface area contributed by atoms with Crippen LogP contribution in [0, 0.1) is 6.92 Å². The Labute approximate surface area is 119 Å². The van der Waals surface area contributed by atoms with Gasteiger partial charge in [0, 0.05) is 31.6 Å². The van der Waals surface area contributed by atoms with Crippen LogP contribution in [0.1, 0.15) is 35.8 Å². The van der Waals surface area contributed by atoms with Gasteiger partial charge < -0.3 is 15.1 Å². The zero-order chi connectivity index (χ0) is 14.5. The number of anilines is 1. The second-order valence-electron chi connectivity index (χ2n) is 4.99. The molecule has 6 heteroatoms. The van der Waals surface area contributed by atoms with Gasteiger partial charge in [0.1, 0.15) is 0 Å². The van der Waals surface area contributed by atoms with Crippen molar-refractivity contribution in [2.75, 3.05) is 25.1 Å². The number of nitrogens with zero attached hydrogens (tertiary/aromatic N) is 2. The molecule has 2 heterocycles. The fourth-order valence-corrected chi connectivity index (χ4v) is 2.51. The largest absolute Gasteiger partial charge is 0.377 e. The van der Waals surface area contributed by atoms with E-state index in [0.29, 0.717) is 24.4 Å². The molecule has 20 heavy (non-hydrogen) atoms. The van der Waals surface area contributed by atoms with E-state index in [9.17, 15) is 4.79 Å². The van der Waals surface area contributed by atoms with Gasteiger partial charge in [0.25, 0.3) is 5.91 Å². The van der Waals surface area contributed by atoms with E-state index in [-0.39, 0.29) is 12.0 Å². The Morgan fingerprint density at radius 2 is 2.45 bits per heavy atom. The molecule has 110 valence electrons. The van der Waals surface area contributed by atoms with Crippen molar-refractivity contribution in [2.45, 2.75) is 32.8 Å². The smallest absolute Gasteiger partial charge is 0.257 e. The van der Waals surface area contributed by atoms with Gasteiger partial charge in [-0.2, -0.15) is 0 Å². The number of pyridine rings is 1. The number of piperidine rings is 1. The second-order valence-corrected chi connectivity index (χ2v) is 4.99. The Morgan fingerprint density at radius 3 is 3.15 bits per heavy atom. The number of likely N-dealkylation sites (tertiary alicyclic amines) is 1. The molecule has 1 atom stereocenters. The van der Waals surface area contributed by atoms with Crippen LogP contribution in [-0.2, 0) is 4.74 Å². The van der Waals surface area contributed by atoms with Gasteiger partial charge in [-0.1, -0.05) is 0 Å². The zero-order valence-corrected chi connectivity index (χ0v) is 12.1. The van der Waals surface area contributed by atoms with Gasteiger partial charge in [-0.25, -0.2) is 0 Å². The number of hydrazine groups is 1. The Hall–Kier alpha value is -1.66. The highest BCUT2D eigenvalue weighted by Gasteiger charge is 2.26. The summed E-state index contributed by atoms with van der Waals surface area (Å²) in [6.45, 7) is 5.89. The predicted octanol–water partition coefficient (Wildman–Crippen LogP) is 1.32. The standard InChI is InChI=1S/C14H22N4O2/c1-3-20-11-5-4-6-18(9-11)14(19)12-8-16-10(2)7-13(12)17-15/h7-8,11H,3-6,9,15H2,1-2H3,(H,16,17). The van der Waals surface area contributed by atoms with E-state index in [1.807, 2.05) is 18.7 Å². The molecule has 2 rings (SSSR count). The minimum atomic E-state index is -0.0464. The van der Waals surface area contributed by atoms with Crippen LogP contribution in [0.5, 0.6) is 0 Å². The molecule has 0 aromatic carbocycles. The fraction of sp³-hybridized carbons (Fsp3) is 0.571. The van der Waals surface area contributed by atoms with Crippen molar-refractivity contribution < 1.29 is 9.53 Å². The molecule has 1 fully saturated rings. The van der Waals surface area contributed by atoms with Crippen molar-refractivity contribution in [1.82, 2.24) is 9.88 Å². The quantitative estimate of drug-likeness (QED) is 0.641. The summed E-state index contributed by atoms with van der Waals surface area (Å²) in [7, 11) is 0. The zero-order valence-electron chi connectivity index (χ0n) is 12.1. The van der Waals surface area contributed by atoms with Crippen molar-refractivity contribution in [3.05, 3.63) is 23.5 Å². The van der Waals surface area contributed by atoms with Gasteiger partial charge in [0.15, 0.2) is 0 Å². The first kappa shape index (κ1) is 14.7. The van der Waals surface area contributed by atoms with Gasteiger partial charge in [-0.05, 0) is 32.8 Å². The topological polar surface area (TPSA) is 80.5 Å². The number of carbonyl (C=O) groups excluding carboxylic acids is 1. The van der Waals surface area contributed by atoms with Gasteiger partial charge in [-0.15, -0.1) is 0 Å². The minimum absolute atomic E-state index is 0.0464. The molecule has 0 radical (unpaired) electrons. The lowest BCUT2D eigenvalue weighted by Crippen LogP contribution is -2.43. The number of amides is 1. The van der Waals surface area contributed by atoms with Crippen molar-refractivity contribution in [3.8, 4) is 0 Å². The molecule has 3 N–H and O–H groups in total. The summed E-state index contributed by atoms with van der Waals surface area (Å²) in [5.74, 6) is 5.44. The molecule has 0 bridgehead atoms. The lowest BCUT2D eigenvalue weighted by molar-refractivity contribution is 0.00726. The molecule has 6 nitrogen and oxygen atoms in total. The summed E-state index contributed by atoms with van der Waals surface area (Å²) in [4.78, 5) is 18.6. The van der Waals surface area contributed by atoms with Crippen LogP contribution in [0.3, 0.4) is 0 Å². The Kier molecular flexibility index (Phi) is 4.92. The lowest BCUT2D eigenvalue weighted by atomic mass is 10.1. The van der Waals surface area contributed by atoms with Crippen LogP contribution in [0.2, 0.25) is 0 Å². The number of carbonyl (C=O) groups is 1. The number of nitrogen functional groups attached to an aromatic ring is 1. The molecule has 1 aromatic heterocycles. The van der Waals surface area contributed by atoms with Crippen LogP contribution in [0.25, 0.3) is 0 Å². The van der Waals surface area contributed by atoms with Crippen LogP contribution < -0.4 is 11.3 Å². The number of aromatic nitrogens is 1. The summed E-state index contributed by atoms with van der Waals surface area (Å²) < 4.78 is 5.62. The summed E-state index contributed by atoms with van der Waals surface area (Å²) in [5.41, 5.74) is 4.52. The van der Waals surface area contributed by atoms with Crippen molar-refractivity contribution in [3.63, 3.8) is 0 Å². The third kappa shape index (κ3) is 3.26. The number of hydrogen-bond acceptors (Lipinski definition) is 5. The van der Waals surface area contributed by atoms with Crippen molar-refractivity contribution in [2.24, 2.45) is 5.84 Å². The van der Waals surface area contributed by atoms with E-state index in [4.69, 9.17) is 10.6 Å². The average Bonchev–Trinajstić information content (AvgIpc) is 2.47. The van der Waals surface area contributed by atoms with Crippen molar-refractivity contribution >= 4 is 11.6 Å². The molecule has 1 unspecified atom stereocenters. The molecule has 1 aliphatic rings. The first-order valence-electron chi connectivity index (χ1n) is 6.99. The van der Waals surface area contributed by atoms with E-state index < -0.39 is 0 Å². The Balaban J connectivity index is 2.14. The number of rotatable bonds is 4. The highest BCUT2D eigenvalue weighted by atomic mass is 16.5. The number of nitrogens with two attached hydrogens (primary N) is 1. The summed E-state index contributed by atoms with van der Waals surface area (Å²) in [5, 5.41) is 0. The van der Waals surface area contributed by atoms with Crippen LogP contribution in [0.15, 0.2) is 12.3 Å². The molecule has 0 spiro atoms. The summed E-state index contributed by atoms with van der Waals surface area (Å²) in [6, 6.07) is 1.78. The number of nitrogens with one attached hydrogen (secondary N) is 1. The monoisotopic (exact) mass is 278 g/mol. The van der Waals surface area contributed by atoms with Crippen molar-refractivity contribution in [1.29, 1.82) is 0 Å². The molecular formula is C14H22N4O2. The van der Waals surface area contributed by atoms with E-state index >= 15 is 0 Å². The van der Waals surface area contributed by atoms with E-state index in [2.05, 4.69) is 10.4 Å². The van der Waals surface area contributed by atoms with E-state index in [1.54, 1.807) is 12.3 Å². The van der Waals surface area contributed by atoms with Crippen LogP contribution in [-0.4, -0.2) is 41.6 Å². The third-order valence-electron chi connectivity index (χ3n) is 3.49. The number of aryl methyl sites for hydroxylation is 1. The highest BCUT2D eigenvalue weighted by Crippen LogP contribution is 2.20. The summed E-state index contributed by atoms with van der Waals surface area (Å²) in [6.07, 6.45) is 3.68. The molecule has 0 saturated carbocycles. The first-order valence-corrected chi connectivity index (χ1v) is 6.99. The average molecular weight is 278 g/mol.